The molecule has 0 bridgehead atoms. The summed E-state index contributed by atoms with van der Waals surface area (Å²) < 4.78 is 40.4. The van der Waals surface area contributed by atoms with Gasteiger partial charge in [-0.1, -0.05) is 37.2 Å². The van der Waals surface area contributed by atoms with Gasteiger partial charge in [0.15, 0.2) is 11.0 Å². The lowest BCUT2D eigenvalue weighted by molar-refractivity contribution is -0.137. The number of benzene rings is 1. The van der Waals surface area contributed by atoms with Crippen LogP contribution in [0.15, 0.2) is 34.8 Å². The van der Waals surface area contributed by atoms with E-state index in [1.54, 1.807) is 23.0 Å². The third-order valence-corrected chi connectivity index (χ3v) is 6.77. The molecule has 0 aliphatic carbocycles. The zero-order chi connectivity index (χ0) is 22.1. The summed E-state index contributed by atoms with van der Waals surface area (Å²) in [6.45, 7) is 4.23. The molecule has 2 aromatic heterocycles. The van der Waals surface area contributed by atoms with Crippen molar-refractivity contribution in [1.82, 2.24) is 14.8 Å². The van der Waals surface area contributed by atoms with Crippen LogP contribution in [0.25, 0.3) is 11.4 Å². The van der Waals surface area contributed by atoms with Gasteiger partial charge in [0.2, 0.25) is 5.91 Å². The standard InChI is InChI=1S/C19H18ClF3N4OS2/c1-10(2)15-6-11(8-29-15)17-25-26-18(27(17)3)30-9-16(28)24-14-7-12(19(21,22)23)4-5-13(14)20/h4-8,10H,9H2,1-3H3,(H,24,28). The molecule has 2 heterocycles. The summed E-state index contributed by atoms with van der Waals surface area (Å²) in [6.07, 6.45) is -4.52. The highest BCUT2D eigenvalue weighted by atomic mass is 35.5. The van der Waals surface area contributed by atoms with Crippen LogP contribution < -0.4 is 5.32 Å². The molecule has 1 aromatic carbocycles. The van der Waals surface area contributed by atoms with Crippen LogP contribution in [0.2, 0.25) is 5.02 Å². The summed E-state index contributed by atoms with van der Waals surface area (Å²) in [7, 11) is 1.80. The summed E-state index contributed by atoms with van der Waals surface area (Å²) in [5, 5.41) is 13.3. The predicted molar refractivity (Wildman–Crippen MR) is 114 cm³/mol. The summed E-state index contributed by atoms with van der Waals surface area (Å²) >= 11 is 8.70. The number of hydrogen-bond acceptors (Lipinski definition) is 5. The molecule has 3 aromatic rings. The van der Waals surface area contributed by atoms with Gasteiger partial charge in [-0.05, 0) is 30.2 Å². The van der Waals surface area contributed by atoms with Crippen LogP contribution >= 0.6 is 34.7 Å². The largest absolute Gasteiger partial charge is 0.416 e. The highest BCUT2D eigenvalue weighted by Crippen LogP contribution is 2.34. The van der Waals surface area contributed by atoms with E-state index in [0.29, 0.717) is 16.9 Å². The highest BCUT2D eigenvalue weighted by molar-refractivity contribution is 7.99. The molecule has 0 spiro atoms. The first kappa shape index (κ1) is 22.6. The second-order valence-corrected chi connectivity index (χ2v) is 9.08. The molecule has 0 atom stereocenters. The molecule has 5 nitrogen and oxygen atoms in total. The van der Waals surface area contributed by atoms with Gasteiger partial charge >= 0.3 is 6.18 Å². The Kier molecular flexibility index (Phi) is 6.78. The molecule has 160 valence electrons. The lowest BCUT2D eigenvalue weighted by Crippen LogP contribution is -2.16. The Bertz CT molecular complexity index is 1060. The zero-order valence-corrected chi connectivity index (χ0v) is 18.6. The number of thioether (sulfide) groups is 1. The molecule has 30 heavy (non-hydrogen) atoms. The molecule has 0 unspecified atom stereocenters. The first-order valence-corrected chi connectivity index (χ1v) is 11.1. The van der Waals surface area contributed by atoms with Crippen LogP contribution in [-0.2, 0) is 18.0 Å². The fourth-order valence-electron chi connectivity index (χ4n) is 2.58. The normalized spacial score (nSPS) is 11.9. The number of carbonyl (C=O) groups is 1. The van der Waals surface area contributed by atoms with E-state index >= 15 is 0 Å². The summed E-state index contributed by atoms with van der Waals surface area (Å²) in [5.41, 5.74) is -0.0229. The van der Waals surface area contributed by atoms with Crippen molar-refractivity contribution in [3.05, 3.63) is 45.1 Å². The molecule has 0 fully saturated rings. The topological polar surface area (TPSA) is 59.8 Å². The van der Waals surface area contributed by atoms with Crippen molar-refractivity contribution in [2.45, 2.75) is 31.1 Å². The Labute approximate surface area is 184 Å². The van der Waals surface area contributed by atoms with Gasteiger partial charge < -0.3 is 9.88 Å². The van der Waals surface area contributed by atoms with E-state index in [0.717, 1.165) is 35.5 Å². The number of nitrogens with zero attached hydrogens (tertiary/aromatic N) is 3. The van der Waals surface area contributed by atoms with Crippen molar-refractivity contribution in [3.63, 3.8) is 0 Å². The number of amides is 1. The third kappa shape index (κ3) is 5.16. The van der Waals surface area contributed by atoms with Crippen LogP contribution in [-0.4, -0.2) is 26.4 Å². The number of hydrogen-bond donors (Lipinski definition) is 1. The Morgan fingerprint density at radius 2 is 2.03 bits per heavy atom. The van der Waals surface area contributed by atoms with Gasteiger partial charge in [-0.15, -0.1) is 21.5 Å². The van der Waals surface area contributed by atoms with Crippen molar-refractivity contribution in [1.29, 1.82) is 0 Å². The molecule has 11 heteroatoms. The van der Waals surface area contributed by atoms with Crippen LogP contribution in [0.5, 0.6) is 0 Å². The van der Waals surface area contributed by atoms with E-state index in [2.05, 4.69) is 35.4 Å². The van der Waals surface area contributed by atoms with Crippen molar-refractivity contribution in [3.8, 4) is 11.4 Å². The van der Waals surface area contributed by atoms with Crippen LogP contribution in [0.4, 0.5) is 18.9 Å². The monoisotopic (exact) mass is 474 g/mol. The minimum Gasteiger partial charge on any atom is -0.324 e. The number of alkyl halides is 3. The molecular formula is C19H18ClF3N4OS2. The van der Waals surface area contributed by atoms with E-state index < -0.39 is 17.6 Å². The van der Waals surface area contributed by atoms with E-state index in [4.69, 9.17) is 11.6 Å². The van der Waals surface area contributed by atoms with Crippen molar-refractivity contribution < 1.29 is 18.0 Å². The molecule has 0 aliphatic rings. The van der Waals surface area contributed by atoms with Crippen molar-refractivity contribution in [2.75, 3.05) is 11.1 Å². The smallest absolute Gasteiger partial charge is 0.324 e. The minimum absolute atomic E-state index is 0.0284. The Balaban J connectivity index is 1.66. The highest BCUT2D eigenvalue weighted by Gasteiger charge is 2.31. The second kappa shape index (κ2) is 8.99. The quantitative estimate of drug-likeness (QED) is 0.440. The molecule has 1 N–H and O–H groups in total. The predicted octanol–water partition coefficient (Wildman–Crippen LogP) is 6.07. The lowest BCUT2D eigenvalue weighted by atomic mass is 10.1. The second-order valence-electron chi connectivity index (χ2n) is 6.79. The van der Waals surface area contributed by atoms with Gasteiger partial charge in [0, 0.05) is 22.9 Å². The molecule has 0 radical (unpaired) electrons. The van der Waals surface area contributed by atoms with Gasteiger partial charge in [0.1, 0.15) is 0 Å². The fraction of sp³-hybridized carbons (Fsp3) is 0.316. The van der Waals surface area contributed by atoms with Crippen molar-refractivity contribution in [2.24, 2.45) is 7.05 Å². The Morgan fingerprint density at radius 3 is 2.67 bits per heavy atom. The summed E-state index contributed by atoms with van der Waals surface area (Å²) in [4.78, 5) is 13.5. The maximum atomic E-state index is 12.9. The van der Waals surface area contributed by atoms with Crippen LogP contribution in [0.3, 0.4) is 0 Å². The first-order valence-electron chi connectivity index (χ1n) is 8.84. The van der Waals surface area contributed by atoms with E-state index in [-0.39, 0.29) is 16.5 Å². The summed E-state index contributed by atoms with van der Waals surface area (Å²) in [5.74, 6) is 0.543. The first-order chi connectivity index (χ1) is 14.1. The molecule has 0 saturated carbocycles. The summed E-state index contributed by atoms with van der Waals surface area (Å²) in [6, 6.07) is 4.85. The zero-order valence-electron chi connectivity index (χ0n) is 16.2. The Hall–Kier alpha value is -2.04. The number of thiophene rings is 1. The number of carbonyl (C=O) groups excluding carboxylic acids is 1. The number of rotatable bonds is 6. The maximum Gasteiger partial charge on any atom is 0.416 e. The van der Waals surface area contributed by atoms with E-state index in [1.165, 1.54) is 4.88 Å². The number of nitrogens with one attached hydrogen (secondary N) is 1. The lowest BCUT2D eigenvalue weighted by Gasteiger charge is -2.11. The van der Waals surface area contributed by atoms with Gasteiger partial charge in [0.25, 0.3) is 0 Å². The van der Waals surface area contributed by atoms with E-state index in [1.807, 2.05) is 5.38 Å². The number of halogens is 4. The van der Waals surface area contributed by atoms with Gasteiger partial charge in [-0.25, -0.2) is 0 Å². The maximum absolute atomic E-state index is 12.9. The average molecular weight is 475 g/mol. The molecule has 0 aliphatic heterocycles. The number of anilines is 1. The number of aromatic nitrogens is 3. The van der Waals surface area contributed by atoms with Gasteiger partial charge in [0.05, 0.1) is 22.0 Å². The third-order valence-electron chi connectivity index (χ3n) is 4.18. The molecule has 3 rings (SSSR count). The molecule has 0 saturated heterocycles. The van der Waals surface area contributed by atoms with Crippen LogP contribution in [0.1, 0.15) is 30.2 Å². The average Bonchev–Trinajstić information content (AvgIpc) is 3.28. The SMILES string of the molecule is CC(C)c1cc(-c2nnc(SCC(=O)Nc3cc(C(F)(F)F)ccc3Cl)n2C)cs1. The van der Waals surface area contributed by atoms with Gasteiger partial charge in [-0.3, -0.25) is 4.79 Å². The minimum atomic E-state index is -4.52. The molecule has 1 amide bonds. The van der Waals surface area contributed by atoms with E-state index in [9.17, 15) is 18.0 Å². The van der Waals surface area contributed by atoms with Crippen LogP contribution in [0, 0.1) is 0 Å². The fourth-order valence-corrected chi connectivity index (χ4v) is 4.36. The Morgan fingerprint density at radius 1 is 1.30 bits per heavy atom. The molecular weight excluding hydrogens is 457 g/mol. The van der Waals surface area contributed by atoms with Gasteiger partial charge in [-0.2, -0.15) is 13.2 Å². The van der Waals surface area contributed by atoms with Crippen molar-refractivity contribution >= 4 is 46.3 Å².